The molecule has 6 nitrogen and oxygen atoms in total. The number of ether oxygens (including phenoxy) is 1. The summed E-state index contributed by atoms with van der Waals surface area (Å²) in [5, 5.41) is 10.6. The van der Waals surface area contributed by atoms with Gasteiger partial charge in [0.05, 0.1) is 23.5 Å². The van der Waals surface area contributed by atoms with E-state index in [9.17, 15) is 9.90 Å². The number of amides is 1. The molecule has 1 aromatic heterocycles. The Hall–Kier alpha value is -2.99. The maximum Gasteiger partial charge on any atom is 0.411 e. The largest absolute Gasteiger partial charge is 0.438 e. The number of hydrogen-bond acceptors (Lipinski definition) is 5. The zero-order chi connectivity index (χ0) is 22.8. The lowest BCUT2D eigenvalue weighted by molar-refractivity contribution is -0.0748. The first-order valence-electron chi connectivity index (χ1n) is 11.2. The summed E-state index contributed by atoms with van der Waals surface area (Å²) < 4.78 is 6.13. The van der Waals surface area contributed by atoms with Gasteiger partial charge in [-0.05, 0) is 44.7 Å². The molecule has 2 aliphatic rings. The van der Waals surface area contributed by atoms with Gasteiger partial charge in [-0.1, -0.05) is 42.5 Å². The summed E-state index contributed by atoms with van der Waals surface area (Å²) >= 11 is 0. The van der Waals surface area contributed by atoms with Crippen LogP contribution in [-0.2, 0) is 4.74 Å². The van der Waals surface area contributed by atoms with E-state index in [0.29, 0.717) is 19.4 Å². The Kier molecular flexibility index (Phi) is 6.15. The second kappa shape index (κ2) is 8.87. The van der Waals surface area contributed by atoms with Crippen LogP contribution in [0.3, 0.4) is 0 Å². The summed E-state index contributed by atoms with van der Waals surface area (Å²) in [7, 11) is 0. The lowest BCUT2D eigenvalue weighted by Crippen LogP contribution is -2.53. The van der Waals surface area contributed by atoms with Crippen molar-refractivity contribution in [3.8, 4) is 11.3 Å². The molecule has 6 heteroatoms. The lowest BCUT2D eigenvalue weighted by atomic mass is 9.78. The predicted octanol–water partition coefficient (Wildman–Crippen LogP) is 5.22. The number of benzene rings is 1. The van der Waals surface area contributed by atoms with Gasteiger partial charge in [0.25, 0.3) is 0 Å². The first-order chi connectivity index (χ1) is 15.3. The fourth-order valence-corrected chi connectivity index (χ4v) is 4.66. The Labute approximate surface area is 189 Å². The molecule has 2 aromatic rings. The van der Waals surface area contributed by atoms with Gasteiger partial charge in [0.1, 0.15) is 5.60 Å². The van der Waals surface area contributed by atoms with Crippen LogP contribution in [0.2, 0.25) is 0 Å². The fraction of sp³-hybridized carbons (Fsp3) is 0.423. The molecular weight excluding hydrogens is 402 g/mol. The number of aromatic nitrogens is 2. The van der Waals surface area contributed by atoms with Crippen molar-refractivity contribution in [2.75, 3.05) is 6.54 Å². The van der Waals surface area contributed by atoms with Gasteiger partial charge >= 0.3 is 6.09 Å². The molecule has 1 saturated heterocycles. The molecule has 1 aromatic carbocycles. The monoisotopic (exact) mass is 433 g/mol. The van der Waals surface area contributed by atoms with Crippen LogP contribution in [0, 0.1) is 0 Å². The third-order valence-corrected chi connectivity index (χ3v) is 6.23. The summed E-state index contributed by atoms with van der Waals surface area (Å²) in [5.41, 5.74) is 2.08. The molecule has 4 rings (SSSR count). The number of cyclic esters (lactones) is 1. The van der Waals surface area contributed by atoms with Crippen LogP contribution in [-0.4, -0.2) is 43.8 Å². The average Bonchev–Trinajstić information content (AvgIpc) is 2.79. The molecule has 1 N–H and O–H groups in total. The smallest absolute Gasteiger partial charge is 0.411 e. The minimum atomic E-state index is -0.948. The van der Waals surface area contributed by atoms with E-state index in [1.54, 1.807) is 37.3 Å². The third-order valence-electron chi connectivity index (χ3n) is 6.23. The van der Waals surface area contributed by atoms with E-state index < -0.39 is 11.2 Å². The molecule has 0 saturated carbocycles. The van der Waals surface area contributed by atoms with Crippen LogP contribution < -0.4 is 0 Å². The van der Waals surface area contributed by atoms with Crippen molar-refractivity contribution in [1.82, 2.24) is 14.9 Å². The predicted molar refractivity (Wildman–Crippen MR) is 124 cm³/mol. The molecule has 0 spiro atoms. The highest BCUT2D eigenvalue weighted by atomic mass is 16.6. The van der Waals surface area contributed by atoms with Crippen LogP contribution in [0.25, 0.3) is 11.3 Å². The molecule has 0 bridgehead atoms. The maximum atomic E-state index is 13.2. The number of rotatable bonds is 6. The van der Waals surface area contributed by atoms with E-state index in [2.05, 4.69) is 22.1 Å². The maximum absolute atomic E-state index is 13.2. The number of allylic oxidation sites excluding steroid dienone is 2. The zero-order valence-corrected chi connectivity index (χ0v) is 19.0. The van der Waals surface area contributed by atoms with Crippen molar-refractivity contribution in [3.05, 3.63) is 72.2 Å². The highest BCUT2D eigenvalue weighted by Gasteiger charge is 2.47. The van der Waals surface area contributed by atoms with Gasteiger partial charge in [-0.25, -0.2) is 4.79 Å². The summed E-state index contributed by atoms with van der Waals surface area (Å²) in [6, 6.07) is 7.91. The van der Waals surface area contributed by atoms with Crippen molar-refractivity contribution in [3.63, 3.8) is 0 Å². The standard InChI is InChI=1S/C26H31N3O3/c1-19(20-9-11-21(12-10-20)23-17-27-14-15-28-23)29-16-13-26(32-24(29)30,18-25(2,3)31)22-7-5-4-6-8-22/h5,7-12,14-15,17,19,31H,4,6,13,16,18H2,1-3H3/t19-,26-/m0/s1. The number of hydrogen-bond donors (Lipinski definition) is 1. The number of carbonyl (C=O) groups is 1. The van der Waals surface area contributed by atoms with Gasteiger partial charge in [-0.15, -0.1) is 0 Å². The van der Waals surface area contributed by atoms with Crippen molar-refractivity contribution in [1.29, 1.82) is 0 Å². The van der Waals surface area contributed by atoms with Crippen molar-refractivity contribution < 1.29 is 14.6 Å². The minimum Gasteiger partial charge on any atom is -0.438 e. The Morgan fingerprint density at radius 1 is 1.22 bits per heavy atom. The van der Waals surface area contributed by atoms with Gasteiger partial charge in [0.2, 0.25) is 0 Å². The second-order valence-corrected chi connectivity index (χ2v) is 9.32. The van der Waals surface area contributed by atoms with E-state index in [4.69, 9.17) is 4.74 Å². The van der Waals surface area contributed by atoms with Crippen LogP contribution in [0.5, 0.6) is 0 Å². The summed E-state index contributed by atoms with van der Waals surface area (Å²) in [6.07, 6.45) is 13.9. The molecule has 2 heterocycles. The third kappa shape index (κ3) is 4.75. The van der Waals surface area contributed by atoms with Crippen LogP contribution in [0.1, 0.15) is 58.1 Å². The molecule has 0 radical (unpaired) electrons. The van der Waals surface area contributed by atoms with E-state index in [0.717, 1.165) is 35.2 Å². The highest BCUT2D eigenvalue weighted by molar-refractivity contribution is 5.71. The molecule has 1 fully saturated rings. The van der Waals surface area contributed by atoms with Gasteiger partial charge in [0.15, 0.2) is 0 Å². The topological polar surface area (TPSA) is 75.6 Å². The lowest BCUT2D eigenvalue weighted by Gasteiger charge is -2.46. The van der Waals surface area contributed by atoms with Crippen molar-refractivity contribution >= 4 is 6.09 Å². The molecule has 1 aliphatic carbocycles. The molecule has 168 valence electrons. The molecule has 1 amide bonds. The van der Waals surface area contributed by atoms with Crippen molar-refractivity contribution in [2.24, 2.45) is 0 Å². The number of nitrogens with zero attached hydrogens (tertiary/aromatic N) is 3. The fourth-order valence-electron chi connectivity index (χ4n) is 4.66. The first-order valence-corrected chi connectivity index (χ1v) is 11.2. The average molecular weight is 434 g/mol. The number of aliphatic hydroxyl groups is 1. The van der Waals surface area contributed by atoms with Gasteiger partial charge < -0.3 is 14.7 Å². The zero-order valence-electron chi connectivity index (χ0n) is 19.0. The molecule has 1 aliphatic heterocycles. The normalized spacial score (nSPS) is 22.3. The van der Waals surface area contributed by atoms with Gasteiger partial charge in [-0.2, -0.15) is 0 Å². The van der Waals surface area contributed by atoms with E-state index >= 15 is 0 Å². The minimum absolute atomic E-state index is 0.130. The Morgan fingerprint density at radius 3 is 2.59 bits per heavy atom. The Balaban J connectivity index is 1.52. The SMILES string of the molecule is C[C@@H](c1ccc(-c2cnccn2)cc1)N1CC[C@](CC(C)(C)O)(C2=CCCC=C2)OC1=O. The van der Waals surface area contributed by atoms with E-state index in [-0.39, 0.29) is 12.1 Å². The van der Waals surface area contributed by atoms with Crippen LogP contribution in [0.4, 0.5) is 4.79 Å². The molecule has 2 atom stereocenters. The van der Waals surface area contributed by atoms with E-state index in [1.165, 1.54) is 0 Å². The molecular formula is C26H31N3O3. The first kappa shape index (κ1) is 22.2. The molecule has 32 heavy (non-hydrogen) atoms. The van der Waals surface area contributed by atoms with Crippen LogP contribution in [0.15, 0.2) is 66.7 Å². The quantitative estimate of drug-likeness (QED) is 0.676. The highest BCUT2D eigenvalue weighted by Crippen LogP contribution is 2.41. The Bertz CT molecular complexity index is 1010. The summed E-state index contributed by atoms with van der Waals surface area (Å²) in [5.74, 6) is 0. The van der Waals surface area contributed by atoms with Gasteiger partial charge in [0, 0.05) is 37.3 Å². The molecule has 0 unspecified atom stereocenters. The van der Waals surface area contributed by atoms with E-state index in [1.807, 2.05) is 37.3 Å². The summed E-state index contributed by atoms with van der Waals surface area (Å²) in [6.45, 7) is 6.11. The summed E-state index contributed by atoms with van der Waals surface area (Å²) in [4.78, 5) is 23.4. The van der Waals surface area contributed by atoms with Gasteiger partial charge in [-0.3, -0.25) is 9.97 Å². The van der Waals surface area contributed by atoms with Crippen LogP contribution >= 0.6 is 0 Å². The Morgan fingerprint density at radius 2 is 2.00 bits per heavy atom. The second-order valence-electron chi connectivity index (χ2n) is 9.32. The number of carbonyl (C=O) groups excluding carboxylic acids is 1. The van der Waals surface area contributed by atoms with Crippen molar-refractivity contribution in [2.45, 2.75) is 63.7 Å².